The number of nitrogens with two attached hydrogens (primary N) is 1. The quantitative estimate of drug-likeness (QED) is 0.644. The first-order valence-corrected chi connectivity index (χ1v) is 5.18. The lowest BCUT2D eigenvalue weighted by atomic mass is 10.00. The van der Waals surface area contributed by atoms with E-state index in [-0.39, 0.29) is 12.0 Å². The molecule has 3 heteroatoms. The van der Waals surface area contributed by atoms with Crippen molar-refractivity contribution < 1.29 is 9.90 Å². The van der Waals surface area contributed by atoms with Gasteiger partial charge in [-0.2, -0.15) is 0 Å². The van der Waals surface area contributed by atoms with Crippen LogP contribution in [0.15, 0.2) is 11.6 Å². The van der Waals surface area contributed by atoms with E-state index in [1.54, 1.807) is 6.08 Å². The lowest BCUT2D eigenvalue weighted by Crippen LogP contribution is -2.25. The van der Waals surface area contributed by atoms with Crippen LogP contribution in [-0.4, -0.2) is 17.1 Å². The molecule has 0 saturated carbocycles. The molecule has 0 radical (unpaired) electrons. The van der Waals surface area contributed by atoms with Crippen molar-refractivity contribution in [3.63, 3.8) is 0 Å². The third-order valence-electron chi connectivity index (χ3n) is 2.24. The number of carboxylic acids is 1. The summed E-state index contributed by atoms with van der Waals surface area (Å²) in [5, 5.41) is 8.91. The highest BCUT2D eigenvalue weighted by molar-refractivity contribution is 5.86. The Labute approximate surface area is 86.0 Å². The summed E-state index contributed by atoms with van der Waals surface area (Å²) in [4.78, 5) is 10.8. The molecular weight excluding hydrogens is 178 g/mol. The van der Waals surface area contributed by atoms with Crippen LogP contribution in [0.1, 0.15) is 40.0 Å². The van der Waals surface area contributed by atoms with Gasteiger partial charge >= 0.3 is 5.97 Å². The molecule has 0 aromatic carbocycles. The van der Waals surface area contributed by atoms with Gasteiger partial charge in [-0.15, -0.1) is 0 Å². The first-order chi connectivity index (χ1) is 6.49. The number of rotatable bonds is 6. The molecule has 0 heterocycles. The van der Waals surface area contributed by atoms with E-state index in [9.17, 15) is 4.79 Å². The van der Waals surface area contributed by atoms with Crippen LogP contribution >= 0.6 is 0 Å². The van der Waals surface area contributed by atoms with Gasteiger partial charge in [-0.1, -0.05) is 33.3 Å². The minimum Gasteiger partial charge on any atom is -0.478 e. The summed E-state index contributed by atoms with van der Waals surface area (Å²) in [5.41, 5.74) is 6.24. The fraction of sp³-hybridized carbons (Fsp3) is 0.727. The average Bonchev–Trinajstić information content (AvgIpc) is 2.10. The maximum atomic E-state index is 10.8. The molecule has 0 spiro atoms. The van der Waals surface area contributed by atoms with Gasteiger partial charge in [0.15, 0.2) is 0 Å². The third-order valence-corrected chi connectivity index (χ3v) is 2.24. The number of hydrogen-bond donors (Lipinski definition) is 2. The summed E-state index contributed by atoms with van der Waals surface area (Å²) in [6.07, 6.45) is 4.21. The van der Waals surface area contributed by atoms with E-state index in [0.29, 0.717) is 12.0 Å². The maximum Gasteiger partial charge on any atom is 0.331 e. The minimum absolute atomic E-state index is 0.155. The first kappa shape index (κ1) is 13.2. The molecule has 0 aromatic rings. The van der Waals surface area contributed by atoms with Crippen molar-refractivity contribution in [2.75, 3.05) is 0 Å². The molecule has 0 aliphatic heterocycles. The van der Waals surface area contributed by atoms with Crippen molar-refractivity contribution in [2.24, 2.45) is 11.7 Å². The standard InChI is InChI=1S/C11H21NO2/c1-4-5-6-9(11(13)14)7-10(12)8(2)3/h7-8,10H,4-6,12H2,1-3H3,(H,13,14)/t10-/m1/s1. The molecule has 0 bridgehead atoms. The molecule has 0 aliphatic rings. The molecule has 14 heavy (non-hydrogen) atoms. The number of hydrogen-bond acceptors (Lipinski definition) is 2. The van der Waals surface area contributed by atoms with Gasteiger partial charge in [0.05, 0.1) is 0 Å². The van der Waals surface area contributed by atoms with Crippen molar-refractivity contribution in [1.29, 1.82) is 0 Å². The minimum atomic E-state index is -0.838. The van der Waals surface area contributed by atoms with Gasteiger partial charge in [0.25, 0.3) is 0 Å². The van der Waals surface area contributed by atoms with Crippen LogP contribution in [0.2, 0.25) is 0 Å². The summed E-state index contributed by atoms with van der Waals surface area (Å²) < 4.78 is 0. The van der Waals surface area contributed by atoms with E-state index in [4.69, 9.17) is 10.8 Å². The molecule has 0 aliphatic carbocycles. The molecular formula is C11H21NO2. The molecule has 1 atom stereocenters. The fourth-order valence-corrected chi connectivity index (χ4v) is 1.05. The van der Waals surface area contributed by atoms with Crippen LogP contribution in [0.5, 0.6) is 0 Å². The average molecular weight is 199 g/mol. The molecule has 3 nitrogen and oxygen atoms in total. The van der Waals surface area contributed by atoms with Gasteiger partial charge < -0.3 is 10.8 Å². The predicted octanol–water partition coefficient (Wildman–Crippen LogP) is 2.17. The van der Waals surface area contributed by atoms with Gasteiger partial charge in [0, 0.05) is 11.6 Å². The molecule has 0 rings (SSSR count). The summed E-state index contributed by atoms with van der Waals surface area (Å²) >= 11 is 0. The molecule has 0 aromatic heterocycles. The molecule has 0 amide bonds. The van der Waals surface area contributed by atoms with Crippen molar-refractivity contribution in [2.45, 2.75) is 46.1 Å². The highest BCUT2D eigenvalue weighted by Crippen LogP contribution is 2.11. The topological polar surface area (TPSA) is 63.3 Å². The molecule has 3 N–H and O–H groups in total. The second-order valence-corrected chi connectivity index (χ2v) is 3.92. The lowest BCUT2D eigenvalue weighted by molar-refractivity contribution is -0.132. The van der Waals surface area contributed by atoms with E-state index in [2.05, 4.69) is 0 Å². The van der Waals surface area contributed by atoms with E-state index < -0.39 is 5.97 Å². The zero-order valence-corrected chi connectivity index (χ0v) is 9.29. The highest BCUT2D eigenvalue weighted by atomic mass is 16.4. The zero-order valence-electron chi connectivity index (χ0n) is 9.29. The Hall–Kier alpha value is -0.830. The predicted molar refractivity (Wildman–Crippen MR) is 58.1 cm³/mol. The zero-order chi connectivity index (χ0) is 11.1. The smallest absolute Gasteiger partial charge is 0.331 e. The summed E-state index contributed by atoms with van der Waals surface area (Å²) in [5.74, 6) is -0.555. The number of unbranched alkanes of at least 4 members (excludes halogenated alkanes) is 1. The molecule has 0 saturated heterocycles. The normalized spacial score (nSPS) is 14.5. The van der Waals surface area contributed by atoms with Crippen LogP contribution in [0.3, 0.4) is 0 Å². The van der Waals surface area contributed by atoms with Crippen LogP contribution in [-0.2, 0) is 4.79 Å². The summed E-state index contributed by atoms with van der Waals surface area (Å²) in [6, 6.07) is -0.155. The Balaban J connectivity index is 4.39. The first-order valence-electron chi connectivity index (χ1n) is 5.18. The monoisotopic (exact) mass is 199 g/mol. The van der Waals surface area contributed by atoms with Crippen molar-refractivity contribution >= 4 is 5.97 Å². The molecule has 82 valence electrons. The fourth-order valence-electron chi connectivity index (χ4n) is 1.05. The van der Waals surface area contributed by atoms with Crippen LogP contribution in [0.25, 0.3) is 0 Å². The number of carboxylic acid groups (broad SMARTS) is 1. The van der Waals surface area contributed by atoms with E-state index in [1.165, 1.54) is 0 Å². The van der Waals surface area contributed by atoms with Gasteiger partial charge in [0.2, 0.25) is 0 Å². The third kappa shape index (κ3) is 5.02. The van der Waals surface area contributed by atoms with Crippen molar-refractivity contribution in [3.8, 4) is 0 Å². The molecule has 0 unspecified atom stereocenters. The van der Waals surface area contributed by atoms with Crippen LogP contribution in [0, 0.1) is 5.92 Å². The maximum absolute atomic E-state index is 10.8. The Bertz CT molecular complexity index is 209. The Morgan fingerprint density at radius 3 is 2.43 bits per heavy atom. The van der Waals surface area contributed by atoms with Crippen molar-refractivity contribution in [3.05, 3.63) is 11.6 Å². The Kier molecular flexibility index (Phi) is 6.21. The number of carbonyl (C=O) groups is 1. The van der Waals surface area contributed by atoms with Crippen LogP contribution in [0.4, 0.5) is 0 Å². The molecule has 0 fully saturated rings. The Morgan fingerprint density at radius 2 is 2.07 bits per heavy atom. The summed E-state index contributed by atoms with van der Waals surface area (Å²) in [6.45, 7) is 6.02. The Morgan fingerprint density at radius 1 is 1.50 bits per heavy atom. The largest absolute Gasteiger partial charge is 0.478 e. The van der Waals surface area contributed by atoms with Gasteiger partial charge in [0.1, 0.15) is 0 Å². The van der Waals surface area contributed by atoms with E-state index in [0.717, 1.165) is 12.8 Å². The van der Waals surface area contributed by atoms with Gasteiger partial charge in [-0.3, -0.25) is 0 Å². The summed E-state index contributed by atoms with van der Waals surface area (Å²) in [7, 11) is 0. The second kappa shape index (κ2) is 6.60. The van der Waals surface area contributed by atoms with Crippen LogP contribution < -0.4 is 5.73 Å². The SMILES string of the molecule is CCCCC(=C[C@@H](N)C(C)C)C(=O)O. The van der Waals surface area contributed by atoms with E-state index >= 15 is 0 Å². The van der Waals surface area contributed by atoms with Gasteiger partial charge in [-0.05, 0) is 18.8 Å². The van der Waals surface area contributed by atoms with E-state index in [1.807, 2.05) is 20.8 Å². The second-order valence-electron chi connectivity index (χ2n) is 3.92. The number of aliphatic carboxylic acids is 1. The lowest BCUT2D eigenvalue weighted by Gasteiger charge is -2.12. The van der Waals surface area contributed by atoms with Crippen molar-refractivity contribution in [1.82, 2.24) is 0 Å². The highest BCUT2D eigenvalue weighted by Gasteiger charge is 2.11. The van der Waals surface area contributed by atoms with Gasteiger partial charge in [-0.25, -0.2) is 4.79 Å².